The largest absolute Gasteiger partial charge is 0.493 e. The van der Waals surface area contributed by atoms with E-state index in [4.69, 9.17) is 14.2 Å². The lowest BCUT2D eigenvalue weighted by Gasteiger charge is -2.47. The Bertz CT molecular complexity index is 1570. The van der Waals surface area contributed by atoms with Gasteiger partial charge in [-0.3, -0.25) is 9.59 Å². The van der Waals surface area contributed by atoms with Gasteiger partial charge in [-0.1, -0.05) is 46.3 Å². The van der Waals surface area contributed by atoms with Crippen LogP contribution in [0.15, 0.2) is 65.1 Å². The second-order valence-electron chi connectivity index (χ2n) is 9.77. The van der Waals surface area contributed by atoms with E-state index in [2.05, 4.69) is 27.0 Å². The van der Waals surface area contributed by atoms with Crippen molar-refractivity contribution in [2.45, 2.75) is 25.0 Å². The monoisotopic (exact) mass is 589 g/mol. The molecule has 2 aliphatic heterocycles. The topological polar surface area (TPSA) is 84.1 Å². The van der Waals surface area contributed by atoms with E-state index in [-0.39, 0.29) is 24.9 Å². The maximum Gasteiger partial charge on any atom is 0.246 e. The Hall–Kier alpha value is -3.98. The molecule has 39 heavy (non-hydrogen) atoms. The second kappa shape index (κ2) is 9.96. The number of hydrogen-bond acceptors (Lipinski definition) is 5. The van der Waals surface area contributed by atoms with Gasteiger partial charge in [0.15, 0.2) is 11.5 Å². The van der Waals surface area contributed by atoms with Gasteiger partial charge in [0, 0.05) is 34.0 Å². The van der Waals surface area contributed by atoms with Gasteiger partial charge >= 0.3 is 0 Å². The van der Waals surface area contributed by atoms with Crippen LogP contribution in [0.1, 0.15) is 28.4 Å². The molecule has 2 unspecified atom stereocenters. The van der Waals surface area contributed by atoms with Crippen LogP contribution in [-0.2, 0) is 22.6 Å². The molecule has 3 heterocycles. The summed E-state index contributed by atoms with van der Waals surface area (Å²) in [5.74, 6) is 1.30. The van der Waals surface area contributed by atoms with E-state index in [0.29, 0.717) is 23.7 Å². The average Bonchev–Trinajstić information content (AvgIpc) is 3.32. The molecule has 9 heteroatoms. The molecule has 6 rings (SSSR count). The van der Waals surface area contributed by atoms with Crippen LogP contribution in [-0.4, -0.2) is 60.5 Å². The molecule has 2 amide bonds. The third-order valence-electron chi connectivity index (χ3n) is 7.60. The SMILES string of the molecule is COc1cc(CN2CC(=O)N3C(Cc4c([nH]c5ccccc45)C3c3cccc(Br)c3)C2=O)cc(OC)c1OC. The number of carbonyl (C=O) groups excluding carboxylic acids is 2. The predicted octanol–water partition coefficient (Wildman–Crippen LogP) is 4.84. The van der Waals surface area contributed by atoms with Crippen LogP contribution >= 0.6 is 15.9 Å². The van der Waals surface area contributed by atoms with E-state index >= 15 is 0 Å². The number of halogens is 1. The molecule has 0 radical (unpaired) electrons. The third-order valence-corrected chi connectivity index (χ3v) is 8.10. The summed E-state index contributed by atoms with van der Waals surface area (Å²) in [4.78, 5) is 34.9. The summed E-state index contributed by atoms with van der Waals surface area (Å²) < 4.78 is 17.3. The van der Waals surface area contributed by atoms with E-state index < -0.39 is 12.1 Å². The first-order valence-corrected chi connectivity index (χ1v) is 13.5. The number of rotatable bonds is 6. The minimum Gasteiger partial charge on any atom is -0.493 e. The molecule has 3 aromatic carbocycles. The molecule has 0 bridgehead atoms. The minimum absolute atomic E-state index is 0.0218. The Morgan fingerprint density at radius 2 is 1.69 bits per heavy atom. The molecule has 1 saturated heterocycles. The highest BCUT2D eigenvalue weighted by Gasteiger charge is 2.48. The number of aromatic nitrogens is 1. The zero-order valence-corrected chi connectivity index (χ0v) is 23.4. The van der Waals surface area contributed by atoms with Crippen LogP contribution in [0.2, 0.25) is 0 Å². The predicted molar refractivity (Wildman–Crippen MR) is 150 cm³/mol. The Kier molecular flexibility index (Phi) is 6.46. The van der Waals surface area contributed by atoms with E-state index in [1.165, 1.54) is 0 Å². The number of methoxy groups -OCH3 is 3. The number of nitrogens with zero attached hydrogens (tertiary/aromatic N) is 2. The van der Waals surface area contributed by atoms with E-state index in [9.17, 15) is 9.59 Å². The molecule has 1 aromatic heterocycles. The first-order chi connectivity index (χ1) is 18.9. The molecule has 2 aliphatic rings. The molecule has 0 saturated carbocycles. The van der Waals surface area contributed by atoms with Crippen molar-refractivity contribution in [3.05, 3.63) is 87.5 Å². The second-order valence-corrected chi connectivity index (χ2v) is 10.7. The highest BCUT2D eigenvalue weighted by molar-refractivity contribution is 9.10. The summed E-state index contributed by atoms with van der Waals surface area (Å²) in [6.07, 6.45) is 0.445. The normalized spacial score (nSPS) is 18.7. The lowest BCUT2D eigenvalue weighted by molar-refractivity contribution is -0.159. The van der Waals surface area contributed by atoms with Gasteiger partial charge in [0.25, 0.3) is 0 Å². The first-order valence-electron chi connectivity index (χ1n) is 12.7. The summed E-state index contributed by atoms with van der Waals surface area (Å²) >= 11 is 3.58. The van der Waals surface area contributed by atoms with Gasteiger partial charge in [0.2, 0.25) is 17.6 Å². The summed E-state index contributed by atoms with van der Waals surface area (Å²) in [7, 11) is 4.65. The van der Waals surface area contributed by atoms with Crippen molar-refractivity contribution in [2.24, 2.45) is 0 Å². The number of carbonyl (C=O) groups is 2. The van der Waals surface area contributed by atoms with E-state index in [0.717, 1.165) is 37.8 Å². The van der Waals surface area contributed by atoms with Gasteiger partial charge < -0.3 is 29.0 Å². The van der Waals surface area contributed by atoms with Crippen molar-refractivity contribution in [3.8, 4) is 17.2 Å². The third kappa shape index (κ3) is 4.21. The number of benzene rings is 3. The summed E-state index contributed by atoms with van der Waals surface area (Å²) in [6, 6.07) is 18.6. The van der Waals surface area contributed by atoms with Crippen molar-refractivity contribution in [3.63, 3.8) is 0 Å². The smallest absolute Gasteiger partial charge is 0.246 e. The van der Waals surface area contributed by atoms with E-state index in [1.807, 2.05) is 54.6 Å². The van der Waals surface area contributed by atoms with Crippen LogP contribution in [0, 0.1) is 0 Å². The molecule has 1 fully saturated rings. The van der Waals surface area contributed by atoms with Crippen LogP contribution in [0.25, 0.3) is 10.9 Å². The number of piperazine rings is 1. The summed E-state index contributed by atoms with van der Waals surface area (Å²) in [5, 5.41) is 1.08. The number of H-pyrrole nitrogens is 1. The molecule has 4 aromatic rings. The van der Waals surface area contributed by atoms with Gasteiger partial charge in [-0.05, 0) is 47.0 Å². The molecular formula is C30H28BrN3O5. The van der Waals surface area contributed by atoms with Crippen LogP contribution in [0.4, 0.5) is 0 Å². The van der Waals surface area contributed by atoms with Gasteiger partial charge in [0.1, 0.15) is 12.6 Å². The van der Waals surface area contributed by atoms with Crippen molar-refractivity contribution in [1.82, 2.24) is 14.8 Å². The van der Waals surface area contributed by atoms with Crippen molar-refractivity contribution in [1.29, 1.82) is 0 Å². The molecule has 1 N–H and O–H groups in total. The molecule has 8 nitrogen and oxygen atoms in total. The number of hydrogen-bond donors (Lipinski definition) is 1. The van der Waals surface area contributed by atoms with Crippen LogP contribution in [0.3, 0.4) is 0 Å². The number of para-hydroxylation sites is 1. The quantitative estimate of drug-likeness (QED) is 0.348. The molecule has 200 valence electrons. The van der Waals surface area contributed by atoms with Crippen molar-refractivity contribution in [2.75, 3.05) is 27.9 Å². The van der Waals surface area contributed by atoms with Gasteiger partial charge in [-0.25, -0.2) is 0 Å². The van der Waals surface area contributed by atoms with Gasteiger partial charge in [0.05, 0.1) is 27.4 Å². The Morgan fingerprint density at radius 1 is 0.949 bits per heavy atom. The summed E-state index contributed by atoms with van der Waals surface area (Å²) in [5.41, 5.74) is 4.77. The molecule has 0 spiro atoms. The zero-order chi connectivity index (χ0) is 27.3. The number of aromatic amines is 1. The highest BCUT2D eigenvalue weighted by atomic mass is 79.9. The van der Waals surface area contributed by atoms with Crippen molar-refractivity contribution < 1.29 is 23.8 Å². The Balaban J connectivity index is 1.41. The number of fused-ring (bicyclic) bond motifs is 4. The van der Waals surface area contributed by atoms with Crippen molar-refractivity contribution >= 4 is 38.6 Å². The average molecular weight is 590 g/mol. The van der Waals surface area contributed by atoms with Crippen LogP contribution in [0.5, 0.6) is 17.2 Å². The Labute approximate surface area is 234 Å². The fourth-order valence-electron chi connectivity index (χ4n) is 5.93. The highest BCUT2D eigenvalue weighted by Crippen LogP contribution is 2.43. The standard InChI is InChI=1S/C30H28BrN3O5/c1-37-24-11-17(12-25(38-2)29(24)39-3)15-33-16-26(35)34-23(30(33)36)14-21-20-9-4-5-10-22(20)32-27(21)28(34)18-7-6-8-19(31)13-18/h4-13,23,28,32H,14-16H2,1-3H3. The minimum atomic E-state index is -0.621. The van der Waals surface area contributed by atoms with Crippen LogP contribution < -0.4 is 14.2 Å². The maximum absolute atomic E-state index is 14.1. The summed E-state index contributed by atoms with van der Waals surface area (Å²) in [6.45, 7) is 0.222. The Morgan fingerprint density at radius 3 is 2.38 bits per heavy atom. The lowest BCUT2D eigenvalue weighted by atomic mass is 9.86. The maximum atomic E-state index is 14.1. The lowest BCUT2D eigenvalue weighted by Crippen LogP contribution is -2.62. The molecule has 2 atom stereocenters. The fraction of sp³-hybridized carbons (Fsp3) is 0.267. The van der Waals surface area contributed by atoms with E-state index in [1.54, 1.807) is 31.1 Å². The first kappa shape index (κ1) is 25.3. The number of ether oxygens (including phenoxy) is 3. The molecule has 0 aliphatic carbocycles. The number of amides is 2. The number of nitrogens with one attached hydrogen (secondary N) is 1. The van der Waals surface area contributed by atoms with Gasteiger partial charge in [-0.2, -0.15) is 0 Å². The molecular weight excluding hydrogens is 562 g/mol. The van der Waals surface area contributed by atoms with Gasteiger partial charge in [-0.15, -0.1) is 0 Å². The zero-order valence-electron chi connectivity index (χ0n) is 21.9. The fourth-order valence-corrected chi connectivity index (χ4v) is 6.34.